The molecule has 7 nitrogen and oxygen atoms in total. The highest BCUT2D eigenvalue weighted by Crippen LogP contribution is 2.26. The molecule has 0 saturated heterocycles. The number of nitrogens with zero attached hydrogens (tertiary/aromatic N) is 1. The van der Waals surface area contributed by atoms with E-state index in [1.165, 1.54) is 0 Å². The van der Waals surface area contributed by atoms with Crippen LogP contribution in [0, 0.1) is 5.92 Å². The topological polar surface area (TPSA) is 122 Å². The van der Waals surface area contributed by atoms with Crippen molar-refractivity contribution in [1.82, 2.24) is 5.32 Å². The van der Waals surface area contributed by atoms with Crippen molar-refractivity contribution in [2.45, 2.75) is 38.1 Å². The van der Waals surface area contributed by atoms with E-state index in [1.54, 1.807) is 0 Å². The van der Waals surface area contributed by atoms with E-state index in [2.05, 4.69) is 10.5 Å². The number of hydrogen-bond acceptors (Lipinski definition) is 5. The Bertz CT molecular complexity index is 441. The average molecular weight is 291 g/mol. The van der Waals surface area contributed by atoms with E-state index < -0.39 is 27.5 Å². The summed E-state index contributed by atoms with van der Waals surface area (Å²) in [6.07, 6.45) is 5.94. The molecule has 0 aromatic carbocycles. The summed E-state index contributed by atoms with van der Waals surface area (Å²) in [5, 5.41) is 14.3. The maximum Gasteiger partial charge on any atom is 0.235 e. The zero-order chi connectivity index (χ0) is 14.5. The minimum Gasteiger partial charge on any atom is -0.409 e. The van der Waals surface area contributed by atoms with Crippen LogP contribution in [0.3, 0.4) is 0 Å². The fourth-order valence-corrected chi connectivity index (χ4v) is 2.98. The van der Waals surface area contributed by atoms with Crippen LogP contribution >= 0.6 is 0 Å². The third-order valence-electron chi connectivity index (χ3n) is 3.27. The molecule has 0 spiro atoms. The Morgan fingerprint density at radius 1 is 1.42 bits per heavy atom. The van der Waals surface area contributed by atoms with Crippen molar-refractivity contribution in [3.8, 4) is 0 Å². The first-order valence-corrected chi connectivity index (χ1v) is 8.34. The second-order valence-corrected chi connectivity index (χ2v) is 7.18. The fraction of sp³-hybridized carbons (Fsp3) is 0.818. The average Bonchev–Trinajstić information content (AvgIpc) is 2.34. The Morgan fingerprint density at radius 2 is 2.00 bits per heavy atom. The summed E-state index contributed by atoms with van der Waals surface area (Å²) in [6, 6.07) is -0.598. The van der Waals surface area contributed by atoms with Crippen molar-refractivity contribution in [1.29, 1.82) is 0 Å². The van der Waals surface area contributed by atoms with Crippen molar-refractivity contribution in [2.24, 2.45) is 16.8 Å². The minimum absolute atomic E-state index is 0.0752. The van der Waals surface area contributed by atoms with Gasteiger partial charge in [0.25, 0.3) is 0 Å². The predicted molar refractivity (Wildman–Crippen MR) is 71.6 cm³/mol. The van der Waals surface area contributed by atoms with Gasteiger partial charge < -0.3 is 16.3 Å². The third-order valence-corrected chi connectivity index (χ3v) is 4.05. The third kappa shape index (κ3) is 5.46. The number of nitrogens with one attached hydrogen (secondary N) is 1. The predicted octanol–water partition coefficient (Wildman–Crippen LogP) is -0.157. The number of carbonyl (C=O) groups excluding carboxylic acids is 1. The lowest BCUT2D eigenvalue weighted by Gasteiger charge is -2.29. The van der Waals surface area contributed by atoms with Gasteiger partial charge in [-0.05, 0) is 18.8 Å². The highest BCUT2D eigenvalue weighted by atomic mass is 32.2. The van der Waals surface area contributed by atoms with Gasteiger partial charge in [-0.1, -0.05) is 24.4 Å². The zero-order valence-electron chi connectivity index (χ0n) is 11.0. The summed E-state index contributed by atoms with van der Waals surface area (Å²) >= 11 is 0. The molecule has 1 rings (SSSR count). The lowest BCUT2D eigenvalue weighted by molar-refractivity contribution is -0.119. The monoisotopic (exact) mass is 291 g/mol. The summed E-state index contributed by atoms with van der Waals surface area (Å²) in [4.78, 5) is 11.6. The Kier molecular flexibility index (Phi) is 5.59. The van der Waals surface area contributed by atoms with Crippen LogP contribution in [0.15, 0.2) is 5.16 Å². The van der Waals surface area contributed by atoms with Crippen molar-refractivity contribution in [2.75, 3.05) is 12.0 Å². The van der Waals surface area contributed by atoms with Crippen LogP contribution in [0.4, 0.5) is 0 Å². The van der Waals surface area contributed by atoms with Gasteiger partial charge >= 0.3 is 0 Å². The number of carbonyl (C=O) groups is 1. The summed E-state index contributed by atoms with van der Waals surface area (Å²) < 4.78 is 22.1. The summed E-state index contributed by atoms with van der Waals surface area (Å²) in [6.45, 7) is 0. The highest BCUT2D eigenvalue weighted by molar-refractivity contribution is 7.91. The van der Waals surface area contributed by atoms with Gasteiger partial charge in [0.2, 0.25) is 5.91 Å². The van der Waals surface area contributed by atoms with Gasteiger partial charge in [-0.3, -0.25) is 4.79 Å². The molecule has 4 N–H and O–H groups in total. The molecule has 1 saturated carbocycles. The molecular formula is C11H21N3O4S. The van der Waals surface area contributed by atoms with Crippen LogP contribution in [-0.2, 0) is 14.6 Å². The molecule has 8 heteroatoms. The molecule has 19 heavy (non-hydrogen) atoms. The molecule has 1 aliphatic rings. The Morgan fingerprint density at radius 3 is 2.47 bits per heavy atom. The Hall–Kier alpha value is -1.31. The summed E-state index contributed by atoms with van der Waals surface area (Å²) in [5.41, 5.74) is 5.60. The zero-order valence-corrected chi connectivity index (χ0v) is 11.8. The SMILES string of the molecule is CS(=O)(=O)CC(=O)NC(C(N)=NO)C1CCCCC1. The van der Waals surface area contributed by atoms with Crippen molar-refractivity contribution in [3.63, 3.8) is 0 Å². The van der Waals surface area contributed by atoms with Crippen LogP contribution < -0.4 is 11.1 Å². The van der Waals surface area contributed by atoms with Gasteiger partial charge in [0.15, 0.2) is 15.7 Å². The normalized spacial score (nSPS) is 19.9. The van der Waals surface area contributed by atoms with E-state index >= 15 is 0 Å². The smallest absolute Gasteiger partial charge is 0.235 e. The maximum atomic E-state index is 11.6. The molecule has 0 radical (unpaired) electrons. The molecular weight excluding hydrogens is 270 g/mol. The number of oxime groups is 1. The first-order valence-electron chi connectivity index (χ1n) is 6.28. The van der Waals surface area contributed by atoms with Crippen LogP contribution in [0.5, 0.6) is 0 Å². The van der Waals surface area contributed by atoms with E-state index in [4.69, 9.17) is 10.9 Å². The molecule has 110 valence electrons. The van der Waals surface area contributed by atoms with Crippen molar-refractivity contribution in [3.05, 3.63) is 0 Å². The van der Waals surface area contributed by atoms with E-state index in [1.807, 2.05) is 0 Å². The van der Waals surface area contributed by atoms with E-state index in [9.17, 15) is 13.2 Å². The lowest BCUT2D eigenvalue weighted by Crippen LogP contribution is -2.51. The molecule has 0 aromatic rings. The number of rotatable bonds is 5. The van der Waals surface area contributed by atoms with E-state index in [0.29, 0.717) is 0 Å². The van der Waals surface area contributed by atoms with Crippen molar-refractivity contribution < 1.29 is 18.4 Å². The number of amidine groups is 1. The molecule has 0 heterocycles. The first-order chi connectivity index (χ1) is 8.83. The summed E-state index contributed by atoms with van der Waals surface area (Å²) in [7, 11) is -3.39. The van der Waals surface area contributed by atoms with Crippen LogP contribution in [0.2, 0.25) is 0 Å². The maximum absolute atomic E-state index is 11.6. The van der Waals surface area contributed by atoms with Gasteiger partial charge in [-0.2, -0.15) is 0 Å². The number of amides is 1. The van der Waals surface area contributed by atoms with Gasteiger partial charge in [0.1, 0.15) is 5.75 Å². The number of nitrogens with two attached hydrogens (primary N) is 1. The van der Waals surface area contributed by atoms with Crippen LogP contribution in [-0.4, -0.2) is 43.4 Å². The van der Waals surface area contributed by atoms with Crippen molar-refractivity contribution >= 4 is 21.6 Å². The lowest BCUT2D eigenvalue weighted by atomic mass is 9.83. The van der Waals surface area contributed by atoms with Gasteiger partial charge in [0, 0.05) is 6.26 Å². The second kappa shape index (κ2) is 6.74. The number of sulfone groups is 1. The molecule has 1 unspecified atom stereocenters. The van der Waals surface area contributed by atoms with Gasteiger partial charge in [-0.15, -0.1) is 0 Å². The van der Waals surface area contributed by atoms with Crippen LogP contribution in [0.1, 0.15) is 32.1 Å². The first kappa shape index (κ1) is 15.7. The Labute approximate surface area is 113 Å². The van der Waals surface area contributed by atoms with Crippen LogP contribution in [0.25, 0.3) is 0 Å². The Balaban J connectivity index is 2.72. The highest BCUT2D eigenvalue weighted by Gasteiger charge is 2.29. The van der Waals surface area contributed by atoms with E-state index in [0.717, 1.165) is 38.4 Å². The molecule has 1 atom stereocenters. The molecule has 0 aromatic heterocycles. The van der Waals surface area contributed by atoms with Gasteiger partial charge in [0.05, 0.1) is 6.04 Å². The standard InChI is InChI=1S/C11H21N3O4S/c1-19(17,18)7-9(15)13-10(11(12)14-16)8-5-3-2-4-6-8/h8,10,16H,2-7H2,1H3,(H2,12,14)(H,13,15). The minimum atomic E-state index is -3.39. The molecule has 1 fully saturated rings. The van der Waals surface area contributed by atoms with E-state index in [-0.39, 0.29) is 11.8 Å². The largest absolute Gasteiger partial charge is 0.409 e. The second-order valence-electron chi connectivity index (χ2n) is 5.04. The fourth-order valence-electron chi connectivity index (χ4n) is 2.42. The molecule has 0 bridgehead atoms. The molecule has 0 aliphatic heterocycles. The van der Waals surface area contributed by atoms with Gasteiger partial charge in [-0.25, -0.2) is 8.42 Å². The quantitative estimate of drug-likeness (QED) is 0.281. The molecule has 1 aliphatic carbocycles. The summed E-state index contributed by atoms with van der Waals surface area (Å²) in [5.74, 6) is -1.19. The number of hydrogen-bond donors (Lipinski definition) is 3. The molecule has 1 amide bonds.